The molecule has 0 spiro atoms. The van der Waals surface area contributed by atoms with Crippen molar-refractivity contribution in [3.63, 3.8) is 0 Å². The number of nitrogens with one attached hydrogen (secondary N) is 1. The second kappa shape index (κ2) is 9.54. The maximum absolute atomic E-state index is 12.7. The van der Waals surface area contributed by atoms with E-state index in [0.717, 1.165) is 41.2 Å². The summed E-state index contributed by atoms with van der Waals surface area (Å²) in [5.74, 6) is -0.178. The molecular formula is C23H25ClN4O. The first kappa shape index (κ1) is 20.8. The van der Waals surface area contributed by atoms with Crippen LogP contribution in [0.2, 0.25) is 0 Å². The van der Waals surface area contributed by atoms with Crippen molar-refractivity contribution < 1.29 is 4.79 Å². The van der Waals surface area contributed by atoms with E-state index < -0.39 is 0 Å². The Bertz CT molecular complexity index is 1110. The molecular weight excluding hydrogens is 384 g/mol. The Morgan fingerprint density at radius 2 is 1.76 bits per heavy atom. The fraction of sp³-hybridized carbons (Fsp3) is 0.217. The van der Waals surface area contributed by atoms with Gasteiger partial charge >= 0.3 is 0 Å². The van der Waals surface area contributed by atoms with Gasteiger partial charge in [0.2, 0.25) is 0 Å². The molecule has 0 bridgehead atoms. The van der Waals surface area contributed by atoms with E-state index in [1.54, 1.807) is 6.20 Å². The Kier molecular flexibility index (Phi) is 6.86. The molecule has 0 unspecified atom stereocenters. The lowest BCUT2D eigenvalue weighted by Gasteiger charge is -2.10. The van der Waals surface area contributed by atoms with E-state index >= 15 is 0 Å². The zero-order valence-electron chi connectivity index (χ0n) is 16.2. The molecule has 0 aliphatic carbocycles. The third kappa shape index (κ3) is 4.26. The number of nitrogens with two attached hydrogens (primary N) is 1. The highest BCUT2D eigenvalue weighted by Crippen LogP contribution is 2.30. The normalized spacial score (nSPS) is 10.8. The third-order valence-electron chi connectivity index (χ3n) is 5.01. The van der Waals surface area contributed by atoms with Crippen molar-refractivity contribution in [1.29, 1.82) is 0 Å². The van der Waals surface area contributed by atoms with Crippen LogP contribution in [0.3, 0.4) is 0 Å². The van der Waals surface area contributed by atoms with E-state index in [0.29, 0.717) is 18.8 Å². The van der Waals surface area contributed by atoms with E-state index in [1.165, 1.54) is 5.56 Å². The fourth-order valence-corrected chi connectivity index (χ4v) is 3.76. The molecule has 2 heterocycles. The number of aryl methyl sites for hydroxylation is 2. The Balaban J connectivity index is 0.00000240. The molecule has 2 aromatic carbocycles. The van der Waals surface area contributed by atoms with Crippen molar-refractivity contribution in [2.45, 2.75) is 19.4 Å². The van der Waals surface area contributed by atoms with Gasteiger partial charge < -0.3 is 15.6 Å². The first-order valence-electron chi connectivity index (χ1n) is 9.67. The zero-order valence-corrected chi connectivity index (χ0v) is 17.0. The summed E-state index contributed by atoms with van der Waals surface area (Å²) in [6, 6.07) is 20.8. The summed E-state index contributed by atoms with van der Waals surface area (Å²) in [5.41, 5.74) is 9.35. The number of hydrogen-bond donors (Lipinski definition) is 2. The van der Waals surface area contributed by atoms with Crippen LogP contribution >= 0.6 is 12.4 Å². The summed E-state index contributed by atoms with van der Waals surface area (Å²) >= 11 is 0. The predicted molar refractivity (Wildman–Crippen MR) is 121 cm³/mol. The molecule has 2 aromatic heterocycles. The summed E-state index contributed by atoms with van der Waals surface area (Å²) in [7, 11) is 0. The number of para-hydroxylation sites is 1. The van der Waals surface area contributed by atoms with Crippen molar-refractivity contribution in [1.82, 2.24) is 14.9 Å². The number of pyridine rings is 1. The van der Waals surface area contributed by atoms with Crippen molar-refractivity contribution in [3.8, 4) is 0 Å². The Labute approximate surface area is 176 Å². The van der Waals surface area contributed by atoms with Crippen LogP contribution in [0.15, 0.2) is 66.9 Å². The number of hydrogen-bond acceptors (Lipinski definition) is 3. The second-order valence-corrected chi connectivity index (χ2v) is 6.86. The van der Waals surface area contributed by atoms with Crippen LogP contribution in [0.5, 0.6) is 0 Å². The van der Waals surface area contributed by atoms with Crippen LogP contribution in [-0.2, 0) is 13.0 Å². The number of carbonyl (C=O) groups is 1. The molecule has 0 saturated heterocycles. The fourth-order valence-electron chi connectivity index (χ4n) is 3.76. The maximum Gasteiger partial charge on any atom is 0.272 e. The van der Waals surface area contributed by atoms with E-state index in [4.69, 9.17) is 5.73 Å². The molecule has 0 aliphatic rings. The summed E-state index contributed by atoms with van der Waals surface area (Å²) in [5, 5.41) is 5.06. The van der Waals surface area contributed by atoms with Gasteiger partial charge in [-0.2, -0.15) is 0 Å². The van der Waals surface area contributed by atoms with Gasteiger partial charge in [0.05, 0.1) is 5.52 Å². The molecule has 0 fully saturated rings. The van der Waals surface area contributed by atoms with Gasteiger partial charge in [0.15, 0.2) is 5.69 Å². The van der Waals surface area contributed by atoms with Crippen LogP contribution < -0.4 is 11.1 Å². The summed E-state index contributed by atoms with van der Waals surface area (Å²) < 4.78 is 2.23. The highest BCUT2D eigenvalue weighted by atomic mass is 35.5. The maximum atomic E-state index is 12.7. The Morgan fingerprint density at radius 3 is 2.55 bits per heavy atom. The largest absolute Gasteiger partial charge is 0.349 e. The van der Waals surface area contributed by atoms with Crippen molar-refractivity contribution in [2.24, 2.45) is 5.73 Å². The number of rotatable bonds is 7. The Hall–Kier alpha value is -2.89. The van der Waals surface area contributed by atoms with E-state index in [9.17, 15) is 4.79 Å². The molecule has 4 aromatic rings. The average molecular weight is 409 g/mol. The molecule has 5 nitrogen and oxygen atoms in total. The van der Waals surface area contributed by atoms with Crippen molar-refractivity contribution in [3.05, 3.63) is 78.1 Å². The molecule has 6 heteroatoms. The Morgan fingerprint density at radius 1 is 1.00 bits per heavy atom. The summed E-state index contributed by atoms with van der Waals surface area (Å²) in [6.07, 6.45) is 3.68. The SMILES string of the molecule is Cl.NCCNC(=O)c1nccc2c3ccccc3n(CCCc3ccccc3)c12. The molecule has 0 atom stereocenters. The van der Waals surface area contributed by atoms with Crippen LogP contribution in [-0.4, -0.2) is 28.5 Å². The van der Waals surface area contributed by atoms with Crippen LogP contribution in [0.25, 0.3) is 21.8 Å². The minimum atomic E-state index is -0.178. The van der Waals surface area contributed by atoms with Crippen LogP contribution in [0.1, 0.15) is 22.5 Å². The van der Waals surface area contributed by atoms with Gasteiger partial charge in [-0.15, -0.1) is 12.4 Å². The van der Waals surface area contributed by atoms with Gasteiger partial charge in [-0.25, -0.2) is 4.98 Å². The minimum absolute atomic E-state index is 0. The molecule has 1 amide bonds. The van der Waals surface area contributed by atoms with Gasteiger partial charge in [-0.05, 0) is 30.5 Å². The van der Waals surface area contributed by atoms with E-state index in [2.05, 4.69) is 51.3 Å². The average Bonchev–Trinajstić information content (AvgIpc) is 3.07. The number of benzene rings is 2. The monoisotopic (exact) mass is 408 g/mol. The molecule has 4 rings (SSSR count). The second-order valence-electron chi connectivity index (χ2n) is 6.86. The molecule has 0 radical (unpaired) electrons. The van der Waals surface area contributed by atoms with Gasteiger partial charge in [-0.1, -0.05) is 48.5 Å². The first-order valence-corrected chi connectivity index (χ1v) is 9.67. The molecule has 29 heavy (non-hydrogen) atoms. The first-order chi connectivity index (χ1) is 13.8. The highest BCUT2D eigenvalue weighted by Gasteiger charge is 2.18. The number of aromatic nitrogens is 2. The summed E-state index contributed by atoms with van der Waals surface area (Å²) in [4.78, 5) is 17.1. The molecule has 150 valence electrons. The minimum Gasteiger partial charge on any atom is -0.349 e. The smallest absolute Gasteiger partial charge is 0.272 e. The quantitative estimate of drug-likeness (QED) is 0.486. The van der Waals surface area contributed by atoms with Crippen molar-refractivity contribution in [2.75, 3.05) is 13.1 Å². The van der Waals surface area contributed by atoms with Gasteiger partial charge in [0.25, 0.3) is 5.91 Å². The third-order valence-corrected chi connectivity index (χ3v) is 5.01. The van der Waals surface area contributed by atoms with Crippen LogP contribution in [0.4, 0.5) is 0 Å². The topological polar surface area (TPSA) is 72.9 Å². The van der Waals surface area contributed by atoms with Gasteiger partial charge in [-0.3, -0.25) is 4.79 Å². The zero-order chi connectivity index (χ0) is 19.3. The summed E-state index contributed by atoms with van der Waals surface area (Å²) in [6.45, 7) is 1.66. The molecule has 3 N–H and O–H groups in total. The number of amides is 1. The standard InChI is InChI=1S/C23H24N4O.ClH/c24-13-15-26-23(28)21-22-19(12-14-25-21)18-10-4-5-11-20(18)27(22)16-6-9-17-7-2-1-3-8-17;/h1-5,7-8,10-12,14H,6,9,13,15-16,24H2,(H,26,28);1H. The van der Waals surface area contributed by atoms with Crippen LogP contribution in [0, 0.1) is 0 Å². The van der Waals surface area contributed by atoms with Gasteiger partial charge in [0, 0.05) is 42.1 Å². The number of halogens is 1. The number of carbonyl (C=O) groups excluding carboxylic acids is 1. The number of nitrogens with zero attached hydrogens (tertiary/aromatic N) is 2. The lowest BCUT2D eigenvalue weighted by Crippen LogP contribution is -2.30. The van der Waals surface area contributed by atoms with E-state index in [-0.39, 0.29) is 18.3 Å². The lowest BCUT2D eigenvalue weighted by atomic mass is 10.1. The molecule has 0 aliphatic heterocycles. The number of fused-ring (bicyclic) bond motifs is 3. The predicted octanol–water partition coefficient (Wildman–Crippen LogP) is 3.93. The van der Waals surface area contributed by atoms with Gasteiger partial charge in [0.1, 0.15) is 0 Å². The molecule has 0 saturated carbocycles. The van der Waals surface area contributed by atoms with Crippen molar-refractivity contribution >= 4 is 40.1 Å². The van der Waals surface area contributed by atoms with E-state index in [1.807, 2.05) is 24.3 Å². The lowest BCUT2D eigenvalue weighted by molar-refractivity contribution is 0.0951. The highest BCUT2D eigenvalue weighted by molar-refractivity contribution is 6.14.